The van der Waals surface area contributed by atoms with Crippen molar-refractivity contribution in [2.24, 2.45) is 5.92 Å². The predicted molar refractivity (Wildman–Crippen MR) is 93.7 cm³/mol. The van der Waals surface area contributed by atoms with Gasteiger partial charge in [-0.3, -0.25) is 0 Å². The Balaban J connectivity index is 2.06. The molecule has 0 aliphatic carbocycles. The third-order valence-corrected chi connectivity index (χ3v) is 3.88. The Labute approximate surface area is 146 Å². The highest BCUT2D eigenvalue weighted by molar-refractivity contribution is 6.31. The van der Waals surface area contributed by atoms with Crippen LogP contribution in [0, 0.1) is 11.7 Å². The molecule has 23 heavy (non-hydrogen) atoms. The number of ether oxygens (including phenoxy) is 1. The normalized spacial score (nSPS) is 11.0. The molecule has 0 atom stereocenters. The summed E-state index contributed by atoms with van der Waals surface area (Å²) in [6.45, 7) is 6.16. The van der Waals surface area contributed by atoms with E-state index >= 15 is 0 Å². The van der Waals surface area contributed by atoms with Gasteiger partial charge in [0, 0.05) is 22.7 Å². The summed E-state index contributed by atoms with van der Waals surface area (Å²) in [5, 5.41) is 4.40. The molecule has 0 heterocycles. The molecule has 0 bridgehead atoms. The summed E-state index contributed by atoms with van der Waals surface area (Å²) in [4.78, 5) is 0. The lowest BCUT2D eigenvalue weighted by molar-refractivity contribution is 0.302. The van der Waals surface area contributed by atoms with E-state index < -0.39 is 0 Å². The number of hydrogen-bond acceptors (Lipinski definition) is 2. The van der Waals surface area contributed by atoms with E-state index in [9.17, 15) is 4.39 Å². The van der Waals surface area contributed by atoms with Crippen LogP contribution >= 0.6 is 23.2 Å². The van der Waals surface area contributed by atoms with Gasteiger partial charge in [-0.05, 0) is 42.8 Å². The molecule has 0 unspecified atom stereocenters. The zero-order valence-corrected chi connectivity index (χ0v) is 14.7. The molecule has 0 radical (unpaired) electrons. The van der Waals surface area contributed by atoms with Crippen molar-refractivity contribution in [3.63, 3.8) is 0 Å². The standard InChI is InChI=1S/C18H20Cl2FNO/c1-12(2)9-22-10-14-7-15(19)4-6-18(14)23-11-13-3-5-16(21)8-17(13)20/h3-8,12,22H,9-11H2,1-2H3. The number of benzene rings is 2. The number of nitrogens with one attached hydrogen (secondary N) is 1. The third-order valence-electron chi connectivity index (χ3n) is 3.29. The molecular formula is C18H20Cl2FNO. The van der Waals surface area contributed by atoms with Crippen molar-refractivity contribution in [1.82, 2.24) is 5.32 Å². The first-order chi connectivity index (χ1) is 11.0. The lowest BCUT2D eigenvalue weighted by Gasteiger charge is -2.14. The Morgan fingerprint density at radius 3 is 2.57 bits per heavy atom. The minimum absolute atomic E-state index is 0.276. The highest BCUT2D eigenvalue weighted by Crippen LogP contribution is 2.25. The van der Waals surface area contributed by atoms with E-state index in [2.05, 4.69) is 19.2 Å². The fourth-order valence-electron chi connectivity index (χ4n) is 2.12. The van der Waals surface area contributed by atoms with Crippen LogP contribution in [0.2, 0.25) is 10.0 Å². The first kappa shape index (κ1) is 18.1. The summed E-state index contributed by atoms with van der Waals surface area (Å²) in [5.41, 5.74) is 1.72. The van der Waals surface area contributed by atoms with Crippen molar-refractivity contribution < 1.29 is 9.13 Å². The molecule has 2 rings (SSSR count). The van der Waals surface area contributed by atoms with Crippen LogP contribution in [0.15, 0.2) is 36.4 Å². The van der Waals surface area contributed by atoms with Gasteiger partial charge >= 0.3 is 0 Å². The molecule has 0 amide bonds. The van der Waals surface area contributed by atoms with E-state index in [0.29, 0.717) is 22.5 Å². The minimum atomic E-state index is -0.358. The van der Waals surface area contributed by atoms with Crippen LogP contribution in [0.1, 0.15) is 25.0 Å². The second-order valence-electron chi connectivity index (χ2n) is 5.80. The molecule has 0 saturated heterocycles. The van der Waals surface area contributed by atoms with Crippen molar-refractivity contribution in [1.29, 1.82) is 0 Å². The van der Waals surface area contributed by atoms with Crippen molar-refractivity contribution in [3.8, 4) is 5.75 Å². The largest absolute Gasteiger partial charge is 0.489 e. The molecular weight excluding hydrogens is 336 g/mol. The van der Waals surface area contributed by atoms with Gasteiger partial charge < -0.3 is 10.1 Å². The lowest BCUT2D eigenvalue weighted by Crippen LogP contribution is -2.19. The van der Waals surface area contributed by atoms with Gasteiger partial charge in [0.25, 0.3) is 0 Å². The molecule has 0 aromatic heterocycles. The average Bonchev–Trinajstić information content (AvgIpc) is 2.47. The van der Waals surface area contributed by atoms with Crippen LogP contribution in [0.5, 0.6) is 5.75 Å². The summed E-state index contributed by atoms with van der Waals surface area (Å²) >= 11 is 12.1. The molecule has 2 nitrogen and oxygen atoms in total. The molecule has 0 saturated carbocycles. The fourth-order valence-corrected chi connectivity index (χ4v) is 2.53. The fraction of sp³-hybridized carbons (Fsp3) is 0.333. The van der Waals surface area contributed by atoms with Gasteiger partial charge in [-0.15, -0.1) is 0 Å². The summed E-state index contributed by atoms with van der Waals surface area (Å²) in [6.07, 6.45) is 0. The average molecular weight is 356 g/mol. The van der Waals surface area contributed by atoms with Crippen molar-refractivity contribution in [3.05, 3.63) is 63.4 Å². The molecule has 2 aromatic carbocycles. The quantitative estimate of drug-likeness (QED) is 0.712. The van der Waals surface area contributed by atoms with Crippen LogP contribution in [0.3, 0.4) is 0 Å². The van der Waals surface area contributed by atoms with Gasteiger partial charge in [-0.2, -0.15) is 0 Å². The van der Waals surface area contributed by atoms with Gasteiger partial charge in [0.1, 0.15) is 18.2 Å². The minimum Gasteiger partial charge on any atom is -0.489 e. The van der Waals surface area contributed by atoms with E-state index in [-0.39, 0.29) is 12.4 Å². The maximum absolute atomic E-state index is 13.1. The van der Waals surface area contributed by atoms with E-state index in [0.717, 1.165) is 23.4 Å². The first-order valence-electron chi connectivity index (χ1n) is 7.51. The Morgan fingerprint density at radius 1 is 1.09 bits per heavy atom. The zero-order chi connectivity index (χ0) is 16.8. The second-order valence-corrected chi connectivity index (χ2v) is 6.64. The summed E-state index contributed by atoms with van der Waals surface area (Å²) in [5.74, 6) is 0.950. The molecule has 124 valence electrons. The predicted octanol–water partition coefficient (Wildman–Crippen LogP) is 5.46. The summed E-state index contributed by atoms with van der Waals surface area (Å²) in [6, 6.07) is 9.80. The summed E-state index contributed by atoms with van der Waals surface area (Å²) in [7, 11) is 0. The van der Waals surface area contributed by atoms with E-state index in [4.69, 9.17) is 27.9 Å². The van der Waals surface area contributed by atoms with E-state index in [1.54, 1.807) is 12.1 Å². The van der Waals surface area contributed by atoms with Gasteiger partial charge in [0.15, 0.2) is 0 Å². The maximum Gasteiger partial charge on any atom is 0.124 e. The summed E-state index contributed by atoms with van der Waals surface area (Å²) < 4.78 is 18.9. The highest BCUT2D eigenvalue weighted by atomic mass is 35.5. The third kappa shape index (κ3) is 5.69. The van der Waals surface area contributed by atoms with Crippen molar-refractivity contribution >= 4 is 23.2 Å². The Kier molecular flexibility index (Phi) is 6.70. The van der Waals surface area contributed by atoms with Crippen LogP contribution in [-0.2, 0) is 13.2 Å². The van der Waals surface area contributed by atoms with Gasteiger partial charge in [-0.1, -0.05) is 43.1 Å². The lowest BCUT2D eigenvalue weighted by atomic mass is 10.1. The number of hydrogen-bond donors (Lipinski definition) is 1. The van der Waals surface area contributed by atoms with Crippen LogP contribution in [0.25, 0.3) is 0 Å². The molecule has 1 N–H and O–H groups in total. The highest BCUT2D eigenvalue weighted by Gasteiger charge is 2.08. The van der Waals surface area contributed by atoms with Crippen LogP contribution in [-0.4, -0.2) is 6.54 Å². The van der Waals surface area contributed by atoms with E-state index in [1.165, 1.54) is 12.1 Å². The van der Waals surface area contributed by atoms with Crippen LogP contribution < -0.4 is 10.1 Å². The zero-order valence-electron chi connectivity index (χ0n) is 13.2. The Bertz CT molecular complexity index is 661. The second kappa shape index (κ2) is 8.53. The van der Waals surface area contributed by atoms with E-state index in [1.807, 2.05) is 12.1 Å². The smallest absolute Gasteiger partial charge is 0.124 e. The van der Waals surface area contributed by atoms with Gasteiger partial charge in [-0.25, -0.2) is 4.39 Å². The van der Waals surface area contributed by atoms with Crippen molar-refractivity contribution in [2.45, 2.75) is 27.0 Å². The molecule has 0 fully saturated rings. The molecule has 0 aliphatic heterocycles. The maximum atomic E-state index is 13.1. The topological polar surface area (TPSA) is 21.3 Å². The molecule has 2 aromatic rings. The SMILES string of the molecule is CC(C)CNCc1cc(Cl)ccc1OCc1ccc(F)cc1Cl. The van der Waals surface area contributed by atoms with Crippen LogP contribution in [0.4, 0.5) is 4.39 Å². The first-order valence-corrected chi connectivity index (χ1v) is 8.27. The van der Waals surface area contributed by atoms with Crippen molar-refractivity contribution in [2.75, 3.05) is 6.54 Å². The van der Waals surface area contributed by atoms with Gasteiger partial charge in [0.2, 0.25) is 0 Å². The molecule has 0 spiro atoms. The number of halogens is 3. The monoisotopic (exact) mass is 355 g/mol. The Morgan fingerprint density at radius 2 is 1.87 bits per heavy atom. The van der Waals surface area contributed by atoms with Gasteiger partial charge in [0.05, 0.1) is 5.02 Å². The Hall–Kier alpha value is -1.29. The molecule has 0 aliphatic rings. The number of rotatable bonds is 7. The molecule has 5 heteroatoms.